The SMILES string of the molecule is C[C@]1(O)C[C@@H](O)[C@@H]2[C@H](O1)C(=O)N2Cc1ccccc1. The number of aliphatic hydroxyl groups is 2. The van der Waals surface area contributed by atoms with Gasteiger partial charge < -0.3 is 19.8 Å². The van der Waals surface area contributed by atoms with E-state index < -0.39 is 18.0 Å². The summed E-state index contributed by atoms with van der Waals surface area (Å²) in [6.45, 7) is 1.93. The molecule has 1 aromatic carbocycles. The minimum Gasteiger partial charge on any atom is -0.391 e. The maximum Gasteiger partial charge on any atom is 0.254 e. The van der Waals surface area contributed by atoms with Crippen LogP contribution in [0.1, 0.15) is 18.9 Å². The van der Waals surface area contributed by atoms with Crippen LogP contribution in [0.15, 0.2) is 30.3 Å². The van der Waals surface area contributed by atoms with E-state index in [0.29, 0.717) is 6.54 Å². The first-order chi connectivity index (χ1) is 8.98. The number of β-lactam (4-membered cyclic amide) rings is 1. The molecule has 0 aromatic heterocycles. The number of aliphatic hydroxyl groups excluding tert-OH is 1. The molecule has 0 saturated carbocycles. The Balaban J connectivity index is 1.75. The second-order valence-corrected chi connectivity index (χ2v) is 5.43. The highest BCUT2D eigenvalue weighted by Crippen LogP contribution is 2.38. The van der Waals surface area contributed by atoms with E-state index >= 15 is 0 Å². The van der Waals surface area contributed by atoms with E-state index in [1.165, 1.54) is 6.92 Å². The fourth-order valence-corrected chi connectivity index (χ4v) is 2.86. The first-order valence-electron chi connectivity index (χ1n) is 6.41. The van der Waals surface area contributed by atoms with E-state index in [2.05, 4.69) is 0 Å². The molecule has 2 aliphatic heterocycles. The Morgan fingerprint density at radius 2 is 2.11 bits per heavy atom. The Hall–Kier alpha value is -1.43. The molecule has 2 aliphatic rings. The number of carbonyl (C=O) groups excluding carboxylic acids is 1. The van der Waals surface area contributed by atoms with Crippen molar-refractivity contribution in [1.82, 2.24) is 4.90 Å². The second kappa shape index (κ2) is 4.30. The van der Waals surface area contributed by atoms with Gasteiger partial charge in [-0.2, -0.15) is 0 Å². The van der Waals surface area contributed by atoms with Crippen molar-refractivity contribution < 1.29 is 19.7 Å². The largest absolute Gasteiger partial charge is 0.391 e. The zero-order chi connectivity index (χ0) is 13.6. The van der Waals surface area contributed by atoms with Crippen LogP contribution < -0.4 is 0 Å². The van der Waals surface area contributed by atoms with Crippen LogP contribution >= 0.6 is 0 Å². The van der Waals surface area contributed by atoms with Crippen LogP contribution in [0.2, 0.25) is 0 Å². The normalized spacial score (nSPS) is 37.7. The number of likely N-dealkylation sites (tertiary alicyclic amines) is 1. The van der Waals surface area contributed by atoms with Crippen molar-refractivity contribution in [2.75, 3.05) is 0 Å². The third-order valence-electron chi connectivity index (χ3n) is 3.76. The van der Waals surface area contributed by atoms with Gasteiger partial charge in [-0.1, -0.05) is 30.3 Å². The molecule has 0 spiro atoms. The summed E-state index contributed by atoms with van der Waals surface area (Å²) in [5, 5.41) is 19.9. The van der Waals surface area contributed by atoms with Crippen LogP contribution in [0.4, 0.5) is 0 Å². The smallest absolute Gasteiger partial charge is 0.254 e. The van der Waals surface area contributed by atoms with E-state index in [-0.39, 0.29) is 18.4 Å². The number of fused-ring (bicyclic) bond motifs is 1. The molecular weight excluding hydrogens is 246 g/mol. The van der Waals surface area contributed by atoms with Crippen molar-refractivity contribution in [3.63, 3.8) is 0 Å². The van der Waals surface area contributed by atoms with Crippen molar-refractivity contribution in [2.24, 2.45) is 0 Å². The van der Waals surface area contributed by atoms with E-state index in [0.717, 1.165) is 5.56 Å². The molecule has 102 valence electrons. The quantitative estimate of drug-likeness (QED) is 0.751. The Kier molecular flexibility index (Phi) is 2.85. The lowest BCUT2D eigenvalue weighted by molar-refractivity contribution is -0.299. The molecule has 5 heteroatoms. The molecule has 19 heavy (non-hydrogen) atoms. The van der Waals surface area contributed by atoms with E-state index in [1.54, 1.807) is 4.90 Å². The predicted octanol–water partition coefficient (Wildman–Crippen LogP) is 0.256. The van der Waals surface area contributed by atoms with Gasteiger partial charge >= 0.3 is 0 Å². The average Bonchev–Trinajstić information content (AvgIpc) is 2.36. The molecule has 0 bridgehead atoms. The molecule has 2 N–H and O–H groups in total. The first kappa shape index (κ1) is 12.6. The number of benzene rings is 1. The van der Waals surface area contributed by atoms with Gasteiger partial charge in [0.1, 0.15) is 0 Å². The lowest BCUT2D eigenvalue weighted by Crippen LogP contribution is -2.74. The number of carbonyl (C=O) groups is 1. The Morgan fingerprint density at radius 1 is 1.42 bits per heavy atom. The van der Waals surface area contributed by atoms with E-state index in [1.807, 2.05) is 30.3 Å². The zero-order valence-corrected chi connectivity index (χ0v) is 10.7. The van der Waals surface area contributed by atoms with E-state index in [9.17, 15) is 15.0 Å². The zero-order valence-electron chi connectivity index (χ0n) is 10.7. The van der Waals surface area contributed by atoms with Crippen LogP contribution in [0.25, 0.3) is 0 Å². The van der Waals surface area contributed by atoms with Gasteiger partial charge in [0.25, 0.3) is 5.91 Å². The van der Waals surface area contributed by atoms with Crippen LogP contribution in [0, 0.1) is 0 Å². The van der Waals surface area contributed by atoms with Gasteiger partial charge in [0, 0.05) is 13.0 Å². The summed E-state index contributed by atoms with van der Waals surface area (Å²) in [5.41, 5.74) is 1.01. The summed E-state index contributed by atoms with van der Waals surface area (Å²) in [6.07, 6.45) is -1.36. The highest BCUT2D eigenvalue weighted by Gasteiger charge is 2.58. The van der Waals surface area contributed by atoms with Crippen molar-refractivity contribution in [3.05, 3.63) is 35.9 Å². The average molecular weight is 263 g/mol. The molecule has 5 nitrogen and oxygen atoms in total. The number of amides is 1. The van der Waals surface area contributed by atoms with Crippen molar-refractivity contribution in [3.8, 4) is 0 Å². The summed E-state index contributed by atoms with van der Waals surface area (Å²) in [7, 11) is 0. The fourth-order valence-electron chi connectivity index (χ4n) is 2.86. The highest BCUT2D eigenvalue weighted by atomic mass is 16.6. The number of ether oxygens (including phenoxy) is 1. The van der Waals surface area contributed by atoms with Crippen molar-refractivity contribution in [2.45, 2.75) is 43.9 Å². The molecule has 1 aromatic rings. The number of hydrogen-bond acceptors (Lipinski definition) is 4. The lowest BCUT2D eigenvalue weighted by atomic mass is 9.85. The van der Waals surface area contributed by atoms with Gasteiger partial charge in [-0.15, -0.1) is 0 Å². The number of nitrogens with zero attached hydrogens (tertiary/aromatic N) is 1. The summed E-state index contributed by atoms with van der Waals surface area (Å²) in [4.78, 5) is 13.6. The summed E-state index contributed by atoms with van der Waals surface area (Å²) in [5.74, 6) is -1.59. The molecule has 2 fully saturated rings. The van der Waals surface area contributed by atoms with Gasteiger partial charge in [-0.25, -0.2) is 0 Å². The minimum atomic E-state index is -1.42. The standard InChI is InChI=1S/C14H17NO4/c1-14(18)7-10(16)11-12(19-14)13(17)15(11)8-9-5-3-2-4-6-9/h2-6,10-12,16,18H,7-8H2,1H3/t10-,11-,12+,14-/m1/s1. The Morgan fingerprint density at radius 3 is 2.79 bits per heavy atom. The van der Waals surface area contributed by atoms with Crippen molar-refractivity contribution in [1.29, 1.82) is 0 Å². The molecule has 2 saturated heterocycles. The lowest BCUT2D eigenvalue weighted by Gasteiger charge is -2.54. The number of hydrogen-bond donors (Lipinski definition) is 2. The second-order valence-electron chi connectivity index (χ2n) is 5.43. The third-order valence-corrected chi connectivity index (χ3v) is 3.76. The monoisotopic (exact) mass is 263 g/mol. The summed E-state index contributed by atoms with van der Waals surface area (Å²) >= 11 is 0. The highest BCUT2D eigenvalue weighted by molar-refractivity contribution is 5.89. The molecule has 2 heterocycles. The first-order valence-corrected chi connectivity index (χ1v) is 6.41. The van der Waals surface area contributed by atoms with Gasteiger partial charge in [0.2, 0.25) is 0 Å². The maximum atomic E-state index is 12.0. The Labute approximate surface area is 111 Å². The van der Waals surface area contributed by atoms with Crippen molar-refractivity contribution >= 4 is 5.91 Å². The van der Waals surface area contributed by atoms with Crippen LogP contribution in [-0.4, -0.2) is 45.1 Å². The molecule has 0 radical (unpaired) electrons. The molecule has 3 rings (SSSR count). The maximum absolute atomic E-state index is 12.0. The van der Waals surface area contributed by atoms with Gasteiger partial charge in [0.05, 0.1) is 12.1 Å². The predicted molar refractivity (Wildman–Crippen MR) is 66.9 cm³/mol. The molecule has 0 aliphatic carbocycles. The van der Waals surface area contributed by atoms with Gasteiger partial charge in [-0.3, -0.25) is 4.79 Å². The molecule has 0 unspecified atom stereocenters. The Bertz CT molecular complexity index is 487. The fraction of sp³-hybridized carbons (Fsp3) is 0.500. The molecule has 4 atom stereocenters. The molecular formula is C14H17NO4. The van der Waals surface area contributed by atoms with Crippen LogP contribution in [0.3, 0.4) is 0 Å². The van der Waals surface area contributed by atoms with E-state index in [4.69, 9.17) is 4.74 Å². The van der Waals surface area contributed by atoms with Crippen LogP contribution in [0.5, 0.6) is 0 Å². The summed E-state index contributed by atoms with van der Waals surface area (Å²) < 4.78 is 5.33. The van der Waals surface area contributed by atoms with Crippen LogP contribution in [-0.2, 0) is 16.1 Å². The number of rotatable bonds is 2. The summed E-state index contributed by atoms with van der Waals surface area (Å²) in [6, 6.07) is 9.26. The van der Waals surface area contributed by atoms with Gasteiger partial charge in [-0.05, 0) is 12.5 Å². The topological polar surface area (TPSA) is 70.0 Å². The third kappa shape index (κ3) is 2.14. The molecule has 1 amide bonds. The minimum absolute atomic E-state index is 0.118. The van der Waals surface area contributed by atoms with Gasteiger partial charge in [0.15, 0.2) is 11.9 Å².